The molecule has 3 atom stereocenters. The number of amides is 3. The number of rotatable bonds is 10. The van der Waals surface area contributed by atoms with E-state index in [9.17, 15) is 35.9 Å². The number of alkyl halides is 6. The van der Waals surface area contributed by atoms with Crippen LogP contribution in [0.25, 0.3) is 5.65 Å². The molecule has 4 heterocycles. The first-order valence-electron chi connectivity index (χ1n) is 12.3. The maximum atomic E-state index is 13.4. The molecule has 0 bridgehead atoms. The van der Waals surface area contributed by atoms with Gasteiger partial charge in [-0.1, -0.05) is 5.16 Å². The molecule has 0 radical (unpaired) electrons. The second kappa shape index (κ2) is 11.3. The summed E-state index contributed by atoms with van der Waals surface area (Å²) in [6.45, 7) is 1.57. The first kappa shape index (κ1) is 30.9. The molecule has 2 N–H and O–H groups in total. The molecule has 3 amide bonds. The summed E-state index contributed by atoms with van der Waals surface area (Å²) >= 11 is 0. The lowest BCUT2D eigenvalue weighted by Crippen LogP contribution is -2.44. The first-order chi connectivity index (χ1) is 19.5. The van der Waals surface area contributed by atoms with Crippen molar-refractivity contribution < 1.29 is 50.0 Å². The lowest BCUT2D eigenvalue weighted by molar-refractivity contribution is -0.265. The predicted octanol–water partition coefficient (Wildman–Crippen LogP) is 2.89. The van der Waals surface area contributed by atoms with Crippen LogP contribution in [-0.4, -0.2) is 92.6 Å². The molecule has 3 aromatic heterocycles. The van der Waals surface area contributed by atoms with Gasteiger partial charge in [0.05, 0.1) is 49.9 Å². The summed E-state index contributed by atoms with van der Waals surface area (Å²) in [5.74, 6) is -0.822. The highest BCUT2D eigenvalue weighted by Gasteiger charge is 2.50. The molecule has 1 fully saturated rings. The van der Waals surface area contributed by atoms with E-state index in [4.69, 9.17) is 9.47 Å². The van der Waals surface area contributed by atoms with Crippen LogP contribution in [0.1, 0.15) is 53.4 Å². The van der Waals surface area contributed by atoms with Crippen molar-refractivity contribution in [3.8, 4) is 0 Å². The van der Waals surface area contributed by atoms with Gasteiger partial charge in [-0.25, -0.2) is 18.9 Å². The zero-order valence-corrected chi connectivity index (χ0v) is 22.6. The highest BCUT2D eigenvalue weighted by molar-refractivity contribution is 5.93. The van der Waals surface area contributed by atoms with Crippen LogP contribution in [0.2, 0.25) is 0 Å². The number of hydrogen-bond acceptors (Lipinski definition) is 9. The Morgan fingerprint density at radius 3 is 2.50 bits per heavy atom. The van der Waals surface area contributed by atoms with Crippen molar-refractivity contribution in [1.82, 2.24) is 40.4 Å². The molecule has 1 aliphatic rings. The highest BCUT2D eigenvalue weighted by Crippen LogP contribution is 2.34. The molecular formula is C23H26F6N8O5. The number of nitrogens with zero attached hydrogens (tertiary/aromatic N) is 6. The normalized spacial score (nSPS) is 17.9. The van der Waals surface area contributed by atoms with Crippen molar-refractivity contribution in [1.29, 1.82) is 0 Å². The van der Waals surface area contributed by atoms with E-state index in [1.807, 2.05) is 5.32 Å². The number of methoxy groups -OCH3 is 1. The largest absolute Gasteiger partial charge is 0.416 e. The highest BCUT2D eigenvalue weighted by atomic mass is 19.4. The number of nitrogens with one attached hydrogen (secondary N) is 2. The Morgan fingerprint density at radius 2 is 1.93 bits per heavy atom. The Kier molecular flexibility index (Phi) is 8.36. The third-order valence-electron chi connectivity index (χ3n) is 6.60. The summed E-state index contributed by atoms with van der Waals surface area (Å²) in [5.41, 5.74) is -2.22. The maximum Gasteiger partial charge on any atom is 0.416 e. The van der Waals surface area contributed by atoms with Crippen molar-refractivity contribution in [3.05, 3.63) is 41.1 Å². The van der Waals surface area contributed by atoms with Crippen LogP contribution < -0.4 is 10.6 Å². The topological polar surface area (TPSA) is 149 Å². The summed E-state index contributed by atoms with van der Waals surface area (Å²) in [7, 11) is 1.31. The Balaban J connectivity index is 1.65. The minimum absolute atomic E-state index is 0.0411. The maximum absolute atomic E-state index is 13.4. The van der Waals surface area contributed by atoms with Gasteiger partial charge >= 0.3 is 18.4 Å². The van der Waals surface area contributed by atoms with Crippen LogP contribution in [0.4, 0.5) is 31.1 Å². The van der Waals surface area contributed by atoms with E-state index in [-0.39, 0.29) is 34.9 Å². The zero-order chi connectivity index (χ0) is 31.0. The van der Waals surface area contributed by atoms with Gasteiger partial charge in [0.15, 0.2) is 16.9 Å². The Bertz CT molecular complexity index is 1440. The number of urea groups is 1. The zero-order valence-electron chi connectivity index (χ0n) is 22.6. The van der Waals surface area contributed by atoms with Gasteiger partial charge in [0, 0.05) is 12.7 Å². The first-order valence-corrected chi connectivity index (χ1v) is 12.3. The van der Waals surface area contributed by atoms with Gasteiger partial charge in [0.25, 0.3) is 5.91 Å². The van der Waals surface area contributed by atoms with Crippen molar-refractivity contribution >= 4 is 17.6 Å². The van der Waals surface area contributed by atoms with Crippen molar-refractivity contribution in [3.63, 3.8) is 0 Å². The van der Waals surface area contributed by atoms with Crippen LogP contribution in [0.5, 0.6) is 0 Å². The molecule has 230 valence electrons. The molecular weight excluding hydrogens is 582 g/mol. The van der Waals surface area contributed by atoms with Gasteiger partial charge in [-0.2, -0.15) is 31.4 Å². The van der Waals surface area contributed by atoms with Gasteiger partial charge in [0.1, 0.15) is 11.7 Å². The Morgan fingerprint density at radius 1 is 1.21 bits per heavy atom. The van der Waals surface area contributed by atoms with Gasteiger partial charge < -0.3 is 25.0 Å². The fourth-order valence-corrected chi connectivity index (χ4v) is 4.03. The third-order valence-corrected chi connectivity index (χ3v) is 6.60. The van der Waals surface area contributed by atoms with Gasteiger partial charge in [-0.3, -0.25) is 4.79 Å². The van der Waals surface area contributed by atoms with E-state index in [2.05, 4.69) is 30.3 Å². The summed E-state index contributed by atoms with van der Waals surface area (Å²) in [4.78, 5) is 30.5. The van der Waals surface area contributed by atoms with Gasteiger partial charge in [-0.15, -0.1) is 0 Å². The second-order valence-electron chi connectivity index (χ2n) is 9.97. The van der Waals surface area contributed by atoms with Gasteiger partial charge in [0.2, 0.25) is 0 Å². The van der Waals surface area contributed by atoms with Crippen molar-refractivity contribution in [2.75, 3.05) is 26.9 Å². The molecule has 4 rings (SSSR count). The summed E-state index contributed by atoms with van der Waals surface area (Å²) < 4.78 is 96.1. The number of halogens is 6. The number of carbonyl (C=O) groups excluding carboxylic acids is 2. The average molecular weight is 609 g/mol. The van der Waals surface area contributed by atoms with Crippen LogP contribution in [0.3, 0.4) is 0 Å². The fourth-order valence-electron chi connectivity index (χ4n) is 4.03. The Hall–Kier alpha value is -4.00. The average Bonchev–Trinajstić information content (AvgIpc) is 3.61. The number of imidazole rings is 1. The molecule has 0 saturated carbocycles. The lowest BCUT2D eigenvalue weighted by atomic mass is 10.1. The van der Waals surface area contributed by atoms with E-state index in [0.29, 0.717) is 0 Å². The van der Waals surface area contributed by atoms with E-state index >= 15 is 0 Å². The van der Waals surface area contributed by atoms with Crippen LogP contribution >= 0.6 is 0 Å². The third kappa shape index (κ3) is 6.40. The molecule has 3 aromatic rings. The van der Waals surface area contributed by atoms with Crippen molar-refractivity contribution in [2.45, 2.75) is 56.9 Å². The van der Waals surface area contributed by atoms with Crippen LogP contribution in [0, 0.1) is 6.92 Å². The number of carbonyl (C=O) groups is 2. The van der Waals surface area contributed by atoms with Crippen LogP contribution in [-0.2, 0) is 9.47 Å². The molecule has 1 unspecified atom stereocenters. The minimum atomic E-state index is -4.73. The van der Waals surface area contributed by atoms with E-state index in [1.54, 1.807) is 0 Å². The molecule has 19 heteroatoms. The van der Waals surface area contributed by atoms with Crippen LogP contribution in [0.15, 0.2) is 23.1 Å². The summed E-state index contributed by atoms with van der Waals surface area (Å²) in [6.07, 6.45) is -6.77. The molecule has 0 spiro atoms. The molecule has 0 aliphatic carbocycles. The monoisotopic (exact) mass is 608 g/mol. The SMILES string of the molecule is COC[C@H](c1cnn2cc(C(COC(C)(C)C(F)(F)F)NC(=O)c3nonc3C)nc2c1)N1C[C@@H](C(F)(F)F)NC1=O. The standard InChI is InChI=1S/C23H26F6N8O5/c1-11-18(35-42-34-11)19(38)32-14(9-41-21(2,3)23(27,28)29)13-7-37-17(31-13)5-12(6-30-37)15(10-40-4)36-8-16(22(24,25)26)33-20(36)39/h5-7,14-16H,8-10H2,1-4H3,(H,32,38)(H,33,39)/t14?,15-,16+/m1/s1. The quantitative estimate of drug-likeness (QED) is 0.332. The van der Waals surface area contributed by atoms with E-state index in [1.165, 1.54) is 37.0 Å². The van der Waals surface area contributed by atoms with E-state index in [0.717, 1.165) is 18.7 Å². The molecule has 1 saturated heterocycles. The summed E-state index contributed by atoms with van der Waals surface area (Å²) in [6, 6.07) is -3.82. The number of aryl methyl sites for hydroxylation is 1. The Labute approximate surface area is 233 Å². The smallest absolute Gasteiger partial charge is 0.382 e. The molecule has 1 aliphatic heterocycles. The molecule has 42 heavy (non-hydrogen) atoms. The van der Waals surface area contributed by atoms with Crippen molar-refractivity contribution in [2.24, 2.45) is 0 Å². The minimum Gasteiger partial charge on any atom is -0.382 e. The molecule has 13 nitrogen and oxygen atoms in total. The number of aromatic nitrogens is 5. The number of hydrogen-bond donors (Lipinski definition) is 2. The summed E-state index contributed by atoms with van der Waals surface area (Å²) in [5, 5.41) is 15.6. The lowest BCUT2D eigenvalue weighted by Gasteiger charge is -2.29. The van der Waals surface area contributed by atoms with E-state index < -0.39 is 61.2 Å². The second-order valence-corrected chi connectivity index (χ2v) is 9.97. The molecule has 0 aromatic carbocycles. The number of ether oxygens (including phenoxy) is 2. The predicted molar refractivity (Wildman–Crippen MR) is 128 cm³/mol. The fraction of sp³-hybridized carbons (Fsp3) is 0.565. The van der Waals surface area contributed by atoms with Gasteiger partial charge in [-0.05, 0) is 32.0 Å². The number of fused-ring (bicyclic) bond motifs is 1.